The fraction of sp³-hybridized carbons (Fsp3) is 0.615. The molecule has 1 aromatic rings. The molecule has 0 aliphatic heterocycles. The van der Waals surface area contributed by atoms with E-state index in [-0.39, 0.29) is 5.82 Å². The zero-order valence-corrected chi connectivity index (χ0v) is 10.8. The van der Waals surface area contributed by atoms with Crippen LogP contribution < -0.4 is 5.32 Å². The Morgan fingerprint density at radius 2 is 2.35 bits per heavy atom. The first kappa shape index (κ1) is 12.8. The molecule has 1 fully saturated rings. The Bertz CT molecular complexity index is 380. The summed E-state index contributed by atoms with van der Waals surface area (Å²) in [6.45, 7) is 3.12. The molecule has 0 saturated heterocycles. The summed E-state index contributed by atoms with van der Waals surface area (Å²) in [7, 11) is 0. The molecule has 0 aromatic carbocycles. The lowest BCUT2D eigenvalue weighted by atomic mass is 10.1. The molecule has 1 N–H and O–H groups in total. The van der Waals surface area contributed by atoms with Gasteiger partial charge in [-0.3, -0.25) is 4.98 Å². The zero-order valence-electron chi connectivity index (χ0n) is 10.0. The molecule has 0 bridgehead atoms. The lowest BCUT2D eigenvalue weighted by Crippen LogP contribution is -2.34. The van der Waals surface area contributed by atoms with Crippen LogP contribution in [-0.2, 0) is 6.42 Å². The van der Waals surface area contributed by atoms with E-state index in [0.29, 0.717) is 29.1 Å². The third-order valence-corrected chi connectivity index (χ3v) is 3.35. The molecule has 17 heavy (non-hydrogen) atoms. The third kappa shape index (κ3) is 3.65. The van der Waals surface area contributed by atoms with E-state index >= 15 is 0 Å². The maximum Gasteiger partial charge on any atom is 0.146 e. The van der Waals surface area contributed by atoms with Crippen molar-refractivity contribution in [3.05, 3.63) is 28.8 Å². The van der Waals surface area contributed by atoms with Crippen LogP contribution in [-0.4, -0.2) is 17.6 Å². The number of nitrogens with zero attached hydrogens (tertiary/aromatic N) is 1. The van der Waals surface area contributed by atoms with Crippen molar-refractivity contribution in [2.24, 2.45) is 5.92 Å². The van der Waals surface area contributed by atoms with Gasteiger partial charge in [-0.1, -0.05) is 18.5 Å². The number of hydrogen-bond donors (Lipinski definition) is 1. The molecular formula is C13H18ClFN2. The Morgan fingerprint density at radius 1 is 1.59 bits per heavy atom. The van der Waals surface area contributed by atoms with Crippen LogP contribution in [0.25, 0.3) is 0 Å². The van der Waals surface area contributed by atoms with Gasteiger partial charge in [0.05, 0.1) is 10.7 Å². The fourth-order valence-corrected chi connectivity index (χ4v) is 2.18. The molecule has 2 rings (SSSR count). The van der Waals surface area contributed by atoms with Gasteiger partial charge in [0.2, 0.25) is 0 Å². The van der Waals surface area contributed by atoms with E-state index < -0.39 is 0 Å². The molecule has 0 amide bonds. The number of halogens is 2. The normalized spacial score (nSPS) is 17.1. The van der Waals surface area contributed by atoms with E-state index in [4.69, 9.17) is 11.6 Å². The van der Waals surface area contributed by atoms with Crippen LogP contribution in [0.3, 0.4) is 0 Å². The zero-order chi connectivity index (χ0) is 12.3. The Kier molecular flexibility index (Phi) is 4.35. The summed E-state index contributed by atoms with van der Waals surface area (Å²) < 4.78 is 13.6. The highest BCUT2D eigenvalue weighted by Crippen LogP contribution is 2.34. The smallest absolute Gasteiger partial charge is 0.146 e. The molecule has 1 aliphatic carbocycles. The van der Waals surface area contributed by atoms with Gasteiger partial charge in [0.15, 0.2) is 0 Å². The van der Waals surface area contributed by atoms with Crippen molar-refractivity contribution >= 4 is 11.6 Å². The minimum Gasteiger partial charge on any atom is -0.313 e. The fourth-order valence-electron chi connectivity index (χ4n) is 2.04. The quantitative estimate of drug-likeness (QED) is 0.846. The van der Waals surface area contributed by atoms with E-state index in [1.165, 1.54) is 25.1 Å². The van der Waals surface area contributed by atoms with E-state index in [0.717, 1.165) is 13.0 Å². The molecule has 1 saturated carbocycles. The molecule has 2 nitrogen and oxygen atoms in total. The first-order valence-electron chi connectivity index (χ1n) is 6.24. The van der Waals surface area contributed by atoms with Gasteiger partial charge in [0.25, 0.3) is 0 Å². The molecule has 94 valence electrons. The number of nitrogens with one attached hydrogen (secondary N) is 1. The van der Waals surface area contributed by atoms with Crippen molar-refractivity contribution in [3.8, 4) is 0 Å². The Labute approximate surface area is 107 Å². The van der Waals surface area contributed by atoms with Crippen LogP contribution in [0.4, 0.5) is 4.39 Å². The number of aromatic nitrogens is 1. The standard InChI is InChI=1S/C13H18ClFN2/c1-2-5-16-12(9-3-4-9)7-13-11(15)6-10(14)8-17-13/h6,8-9,12,16H,2-5,7H2,1H3. The average molecular weight is 257 g/mol. The molecule has 1 heterocycles. The van der Waals surface area contributed by atoms with Gasteiger partial charge in [0.1, 0.15) is 5.82 Å². The summed E-state index contributed by atoms with van der Waals surface area (Å²) >= 11 is 5.69. The van der Waals surface area contributed by atoms with Gasteiger partial charge in [0, 0.05) is 18.7 Å². The van der Waals surface area contributed by atoms with Crippen molar-refractivity contribution in [2.45, 2.75) is 38.6 Å². The second kappa shape index (κ2) is 5.78. The van der Waals surface area contributed by atoms with Crippen molar-refractivity contribution in [1.29, 1.82) is 0 Å². The van der Waals surface area contributed by atoms with E-state index in [9.17, 15) is 4.39 Å². The van der Waals surface area contributed by atoms with Gasteiger partial charge < -0.3 is 5.32 Å². The summed E-state index contributed by atoms with van der Waals surface area (Å²) in [5.41, 5.74) is 0.523. The second-order valence-electron chi connectivity index (χ2n) is 4.68. The molecule has 4 heteroatoms. The van der Waals surface area contributed by atoms with Gasteiger partial charge in [-0.05, 0) is 37.8 Å². The van der Waals surface area contributed by atoms with Crippen molar-refractivity contribution in [1.82, 2.24) is 10.3 Å². The highest BCUT2D eigenvalue weighted by molar-refractivity contribution is 6.30. The van der Waals surface area contributed by atoms with Crippen molar-refractivity contribution in [2.75, 3.05) is 6.54 Å². The summed E-state index contributed by atoms with van der Waals surface area (Å²) in [5.74, 6) is 0.403. The van der Waals surface area contributed by atoms with Gasteiger partial charge in [-0.25, -0.2) is 4.39 Å². The van der Waals surface area contributed by atoms with E-state index in [1.54, 1.807) is 0 Å². The lowest BCUT2D eigenvalue weighted by Gasteiger charge is -2.17. The van der Waals surface area contributed by atoms with Gasteiger partial charge >= 0.3 is 0 Å². The molecule has 1 aliphatic rings. The Morgan fingerprint density at radius 3 is 2.94 bits per heavy atom. The van der Waals surface area contributed by atoms with E-state index in [2.05, 4.69) is 17.2 Å². The monoisotopic (exact) mass is 256 g/mol. The summed E-state index contributed by atoms with van der Waals surface area (Å²) in [5, 5.41) is 3.84. The van der Waals surface area contributed by atoms with Crippen molar-refractivity contribution < 1.29 is 4.39 Å². The van der Waals surface area contributed by atoms with Crippen LogP contribution in [0.1, 0.15) is 31.9 Å². The summed E-state index contributed by atoms with van der Waals surface area (Å²) in [6.07, 6.45) is 5.77. The minimum absolute atomic E-state index is 0.290. The molecule has 1 atom stereocenters. The number of pyridine rings is 1. The Hall–Kier alpha value is -0.670. The van der Waals surface area contributed by atoms with Crippen LogP contribution in [0.2, 0.25) is 5.02 Å². The van der Waals surface area contributed by atoms with Crippen molar-refractivity contribution in [3.63, 3.8) is 0 Å². The average Bonchev–Trinajstić information content (AvgIpc) is 3.11. The highest BCUT2D eigenvalue weighted by Gasteiger charge is 2.31. The molecular weight excluding hydrogens is 239 g/mol. The highest BCUT2D eigenvalue weighted by atomic mass is 35.5. The van der Waals surface area contributed by atoms with Crippen LogP contribution in [0, 0.1) is 11.7 Å². The van der Waals surface area contributed by atoms with Crippen LogP contribution in [0.5, 0.6) is 0 Å². The number of rotatable bonds is 6. The molecule has 0 radical (unpaired) electrons. The molecule has 0 spiro atoms. The topological polar surface area (TPSA) is 24.9 Å². The molecule has 1 aromatic heterocycles. The maximum absolute atomic E-state index is 13.6. The second-order valence-corrected chi connectivity index (χ2v) is 5.12. The Balaban J connectivity index is 2.00. The van der Waals surface area contributed by atoms with Crippen LogP contribution in [0.15, 0.2) is 12.3 Å². The predicted octanol–water partition coefficient (Wildman–Crippen LogP) is 3.19. The first-order chi connectivity index (χ1) is 8.20. The lowest BCUT2D eigenvalue weighted by molar-refractivity contribution is 0.446. The van der Waals surface area contributed by atoms with E-state index in [1.807, 2.05) is 0 Å². The van der Waals surface area contributed by atoms with Crippen LogP contribution >= 0.6 is 11.6 Å². The summed E-state index contributed by atoms with van der Waals surface area (Å²) in [4.78, 5) is 4.09. The number of hydrogen-bond acceptors (Lipinski definition) is 2. The molecule has 1 unspecified atom stereocenters. The minimum atomic E-state index is -0.290. The first-order valence-corrected chi connectivity index (χ1v) is 6.61. The third-order valence-electron chi connectivity index (χ3n) is 3.14. The van der Waals surface area contributed by atoms with Gasteiger partial charge in [-0.2, -0.15) is 0 Å². The largest absolute Gasteiger partial charge is 0.313 e. The SMILES string of the molecule is CCCNC(Cc1ncc(Cl)cc1F)C1CC1. The van der Waals surface area contributed by atoms with Gasteiger partial charge in [-0.15, -0.1) is 0 Å². The maximum atomic E-state index is 13.6. The summed E-state index contributed by atoms with van der Waals surface area (Å²) in [6, 6.07) is 1.70. The predicted molar refractivity (Wildman–Crippen MR) is 67.7 cm³/mol.